The fourth-order valence-corrected chi connectivity index (χ4v) is 2.22. The SMILES string of the molecule is CC(=O)N1CCCc2ccc(N=C(N)CCl)cc21. The van der Waals surface area contributed by atoms with Crippen LogP contribution in [0.2, 0.25) is 0 Å². The van der Waals surface area contributed by atoms with Crippen LogP contribution in [-0.4, -0.2) is 24.2 Å². The molecule has 1 aliphatic rings. The molecule has 0 aliphatic carbocycles. The van der Waals surface area contributed by atoms with Gasteiger partial charge in [0, 0.05) is 19.2 Å². The number of alkyl halides is 1. The van der Waals surface area contributed by atoms with E-state index in [1.165, 1.54) is 5.56 Å². The molecule has 0 spiro atoms. The number of aliphatic imine (C=N–C) groups is 1. The van der Waals surface area contributed by atoms with E-state index in [1.54, 1.807) is 11.8 Å². The molecule has 2 rings (SSSR count). The average molecular weight is 266 g/mol. The first-order valence-electron chi connectivity index (χ1n) is 5.92. The van der Waals surface area contributed by atoms with Gasteiger partial charge in [-0.15, -0.1) is 11.6 Å². The molecule has 0 aromatic heterocycles. The summed E-state index contributed by atoms with van der Waals surface area (Å²) in [6.07, 6.45) is 1.99. The quantitative estimate of drug-likeness (QED) is 0.506. The van der Waals surface area contributed by atoms with Crippen LogP contribution >= 0.6 is 11.6 Å². The van der Waals surface area contributed by atoms with E-state index < -0.39 is 0 Å². The molecule has 0 fully saturated rings. The molecule has 5 heteroatoms. The smallest absolute Gasteiger partial charge is 0.223 e. The lowest BCUT2D eigenvalue weighted by molar-refractivity contribution is -0.116. The number of halogens is 1. The number of amidine groups is 1. The number of nitrogens with zero attached hydrogens (tertiary/aromatic N) is 2. The minimum atomic E-state index is 0.0578. The Morgan fingerprint density at radius 2 is 2.33 bits per heavy atom. The van der Waals surface area contributed by atoms with Crippen LogP contribution in [-0.2, 0) is 11.2 Å². The molecule has 96 valence electrons. The maximum absolute atomic E-state index is 11.6. The number of carbonyl (C=O) groups is 1. The van der Waals surface area contributed by atoms with Crippen molar-refractivity contribution in [2.75, 3.05) is 17.3 Å². The number of carbonyl (C=O) groups excluding carboxylic acids is 1. The van der Waals surface area contributed by atoms with E-state index in [9.17, 15) is 4.79 Å². The van der Waals surface area contributed by atoms with Crippen molar-refractivity contribution in [1.82, 2.24) is 0 Å². The summed E-state index contributed by atoms with van der Waals surface area (Å²) < 4.78 is 0. The zero-order valence-corrected chi connectivity index (χ0v) is 11.1. The van der Waals surface area contributed by atoms with E-state index >= 15 is 0 Å². The van der Waals surface area contributed by atoms with Crippen LogP contribution < -0.4 is 10.6 Å². The molecule has 18 heavy (non-hydrogen) atoms. The summed E-state index contributed by atoms with van der Waals surface area (Å²) in [6.45, 7) is 2.35. The number of hydrogen-bond acceptors (Lipinski definition) is 2. The molecule has 1 aromatic rings. The molecule has 0 atom stereocenters. The minimum absolute atomic E-state index is 0.0578. The first-order valence-corrected chi connectivity index (χ1v) is 6.45. The van der Waals surface area contributed by atoms with Crippen molar-refractivity contribution in [3.63, 3.8) is 0 Å². The second-order valence-electron chi connectivity index (χ2n) is 4.32. The standard InChI is InChI=1S/C13H16ClN3O/c1-9(18)17-6-2-3-10-4-5-11(7-12(10)17)16-13(15)8-14/h4-5,7H,2-3,6,8H2,1H3,(H2,15,16). The van der Waals surface area contributed by atoms with Gasteiger partial charge in [-0.05, 0) is 30.5 Å². The van der Waals surface area contributed by atoms with Crippen LogP contribution in [0.25, 0.3) is 0 Å². The van der Waals surface area contributed by atoms with Crippen LogP contribution in [0.5, 0.6) is 0 Å². The van der Waals surface area contributed by atoms with Gasteiger partial charge in [-0.1, -0.05) is 6.07 Å². The van der Waals surface area contributed by atoms with E-state index in [0.717, 1.165) is 30.8 Å². The molecule has 2 N–H and O–H groups in total. The summed E-state index contributed by atoms with van der Waals surface area (Å²) >= 11 is 5.60. The zero-order valence-electron chi connectivity index (χ0n) is 10.3. The predicted octanol–water partition coefficient (Wildman–Crippen LogP) is 2.21. The Bertz CT molecular complexity index is 499. The highest BCUT2D eigenvalue weighted by molar-refractivity contribution is 6.28. The molecule has 1 heterocycles. The van der Waals surface area contributed by atoms with Gasteiger partial charge in [-0.3, -0.25) is 4.79 Å². The van der Waals surface area contributed by atoms with Gasteiger partial charge in [-0.25, -0.2) is 4.99 Å². The second-order valence-corrected chi connectivity index (χ2v) is 4.59. The lowest BCUT2D eigenvalue weighted by Gasteiger charge is -2.28. The topological polar surface area (TPSA) is 58.7 Å². The number of anilines is 1. The van der Waals surface area contributed by atoms with E-state index in [4.69, 9.17) is 17.3 Å². The van der Waals surface area contributed by atoms with Crippen LogP contribution in [0.4, 0.5) is 11.4 Å². The molecule has 0 saturated heterocycles. The molecule has 1 aliphatic heterocycles. The van der Waals surface area contributed by atoms with Crippen molar-refractivity contribution in [2.24, 2.45) is 10.7 Å². The lowest BCUT2D eigenvalue weighted by atomic mass is 10.0. The van der Waals surface area contributed by atoms with E-state index in [1.807, 2.05) is 18.2 Å². The molecule has 1 amide bonds. The summed E-state index contributed by atoms with van der Waals surface area (Å²) in [7, 11) is 0. The highest BCUT2D eigenvalue weighted by atomic mass is 35.5. The molecular formula is C13H16ClN3O. The third-order valence-electron chi connectivity index (χ3n) is 2.98. The summed E-state index contributed by atoms with van der Waals surface area (Å²) in [6, 6.07) is 5.81. The van der Waals surface area contributed by atoms with E-state index in [-0.39, 0.29) is 11.8 Å². The van der Waals surface area contributed by atoms with Crippen molar-refractivity contribution in [3.8, 4) is 0 Å². The summed E-state index contributed by atoms with van der Waals surface area (Å²) in [5.41, 5.74) is 8.47. The number of hydrogen-bond donors (Lipinski definition) is 1. The normalized spacial score (nSPS) is 15.4. The van der Waals surface area contributed by atoms with Gasteiger partial charge in [0.05, 0.1) is 11.6 Å². The van der Waals surface area contributed by atoms with E-state index in [2.05, 4.69) is 4.99 Å². The predicted molar refractivity (Wildman–Crippen MR) is 74.8 cm³/mol. The lowest BCUT2D eigenvalue weighted by Crippen LogP contribution is -2.33. The van der Waals surface area contributed by atoms with Crippen molar-refractivity contribution < 1.29 is 4.79 Å². The number of nitrogens with two attached hydrogens (primary N) is 1. The van der Waals surface area contributed by atoms with Crippen LogP contribution in [0.15, 0.2) is 23.2 Å². The molecule has 0 bridgehead atoms. The van der Waals surface area contributed by atoms with Crippen LogP contribution in [0, 0.1) is 0 Å². The van der Waals surface area contributed by atoms with Crippen molar-refractivity contribution in [1.29, 1.82) is 0 Å². The Kier molecular flexibility index (Phi) is 3.87. The number of fused-ring (bicyclic) bond motifs is 1. The summed E-state index contributed by atoms with van der Waals surface area (Å²) in [4.78, 5) is 17.6. The number of amides is 1. The largest absolute Gasteiger partial charge is 0.386 e. The number of rotatable bonds is 2. The first-order chi connectivity index (χ1) is 8.61. The molecule has 1 aromatic carbocycles. The summed E-state index contributed by atoms with van der Waals surface area (Å²) in [5.74, 6) is 0.636. The van der Waals surface area contributed by atoms with Gasteiger partial charge in [0.1, 0.15) is 5.84 Å². The molecule has 0 unspecified atom stereocenters. The van der Waals surface area contributed by atoms with Gasteiger partial charge in [0.2, 0.25) is 5.91 Å². The third kappa shape index (κ3) is 2.64. The first kappa shape index (κ1) is 12.9. The average Bonchev–Trinajstić information content (AvgIpc) is 2.37. The van der Waals surface area contributed by atoms with Crippen molar-refractivity contribution >= 4 is 34.7 Å². The van der Waals surface area contributed by atoms with Gasteiger partial charge >= 0.3 is 0 Å². The highest BCUT2D eigenvalue weighted by Crippen LogP contribution is 2.31. The van der Waals surface area contributed by atoms with Gasteiger partial charge in [0.15, 0.2) is 0 Å². The zero-order chi connectivity index (χ0) is 13.1. The maximum atomic E-state index is 11.6. The molecule has 0 radical (unpaired) electrons. The van der Waals surface area contributed by atoms with Gasteiger partial charge < -0.3 is 10.6 Å². The highest BCUT2D eigenvalue weighted by Gasteiger charge is 2.19. The Labute approximate surface area is 111 Å². The van der Waals surface area contributed by atoms with Crippen LogP contribution in [0.3, 0.4) is 0 Å². The Hall–Kier alpha value is -1.55. The van der Waals surface area contributed by atoms with Crippen molar-refractivity contribution in [2.45, 2.75) is 19.8 Å². The van der Waals surface area contributed by atoms with Crippen molar-refractivity contribution in [3.05, 3.63) is 23.8 Å². The van der Waals surface area contributed by atoms with E-state index in [0.29, 0.717) is 5.84 Å². The third-order valence-corrected chi connectivity index (χ3v) is 3.25. The second kappa shape index (κ2) is 5.40. The molecule has 0 saturated carbocycles. The monoisotopic (exact) mass is 265 g/mol. The van der Waals surface area contributed by atoms with Gasteiger partial charge in [0.25, 0.3) is 0 Å². The fraction of sp³-hybridized carbons (Fsp3) is 0.385. The van der Waals surface area contributed by atoms with Crippen LogP contribution in [0.1, 0.15) is 18.9 Å². The Morgan fingerprint density at radius 3 is 3.00 bits per heavy atom. The Morgan fingerprint density at radius 1 is 1.56 bits per heavy atom. The van der Waals surface area contributed by atoms with Gasteiger partial charge in [-0.2, -0.15) is 0 Å². The molecular weight excluding hydrogens is 250 g/mol. The number of benzene rings is 1. The molecule has 4 nitrogen and oxygen atoms in total. The fourth-order valence-electron chi connectivity index (χ4n) is 2.16. The Balaban J connectivity index is 2.40. The summed E-state index contributed by atoms with van der Waals surface area (Å²) in [5, 5.41) is 0. The maximum Gasteiger partial charge on any atom is 0.223 e. The minimum Gasteiger partial charge on any atom is -0.386 e. The number of aryl methyl sites for hydroxylation is 1.